The summed E-state index contributed by atoms with van der Waals surface area (Å²) in [5, 5.41) is 2.31. The summed E-state index contributed by atoms with van der Waals surface area (Å²) >= 11 is 3.57. The van der Waals surface area contributed by atoms with Gasteiger partial charge in [0.1, 0.15) is 19.2 Å². The number of hydrogen-bond acceptors (Lipinski definition) is 2. The highest BCUT2D eigenvalue weighted by Gasteiger charge is 2.14. The van der Waals surface area contributed by atoms with Gasteiger partial charge in [0, 0.05) is 11.1 Å². The third-order valence-electron chi connectivity index (χ3n) is 3.67. The molecule has 0 radical (unpaired) electrons. The second-order valence-corrected chi connectivity index (χ2v) is 6.20. The fraction of sp³-hybridized carbons (Fsp3) is 0.263. The van der Waals surface area contributed by atoms with Crippen molar-refractivity contribution in [3.8, 4) is 11.5 Å². The highest BCUT2D eigenvalue weighted by Crippen LogP contribution is 2.36. The minimum atomic E-state index is 0.401. The van der Waals surface area contributed by atoms with E-state index in [0.717, 1.165) is 16.8 Å². The van der Waals surface area contributed by atoms with E-state index in [9.17, 15) is 0 Å². The zero-order chi connectivity index (χ0) is 16.7. The monoisotopic (exact) mass is 376 g/mol. The number of methoxy groups -OCH3 is 1. The normalized spacial score (nSPS) is 11.8. The number of rotatable bonds is 8. The van der Waals surface area contributed by atoms with Crippen molar-refractivity contribution in [2.24, 2.45) is 0 Å². The maximum Gasteiger partial charge on any atom is 0.175 e. The van der Waals surface area contributed by atoms with E-state index in [4.69, 9.17) is 9.47 Å². The van der Waals surface area contributed by atoms with Crippen molar-refractivity contribution in [1.29, 1.82) is 0 Å². The van der Waals surface area contributed by atoms with Crippen molar-refractivity contribution >= 4 is 15.9 Å². The molecule has 2 aromatic rings. The minimum absolute atomic E-state index is 0.401. The van der Waals surface area contributed by atoms with Gasteiger partial charge in [-0.1, -0.05) is 43.0 Å². The quantitative estimate of drug-likeness (QED) is 0.710. The van der Waals surface area contributed by atoms with Crippen molar-refractivity contribution < 1.29 is 14.8 Å². The molecular weight excluding hydrogens is 354 g/mol. The van der Waals surface area contributed by atoms with E-state index >= 15 is 0 Å². The van der Waals surface area contributed by atoms with Crippen molar-refractivity contribution in [1.82, 2.24) is 0 Å². The first-order chi connectivity index (χ1) is 11.2. The zero-order valence-corrected chi connectivity index (χ0v) is 15.2. The van der Waals surface area contributed by atoms with Crippen LogP contribution in [0, 0.1) is 0 Å². The van der Waals surface area contributed by atoms with Gasteiger partial charge >= 0.3 is 0 Å². The molecule has 0 aliphatic carbocycles. The van der Waals surface area contributed by atoms with Crippen LogP contribution in [0.2, 0.25) is 0 Å². The summed E-state index contributed by atoms with van der Waals surface area (Å²) in [7, 11) is 1.66. The van der Waals surface area contributed by atoms with Gasteiger partial charge in [-0.2, -0.15) is 0 Å². The van der Waals surface area contributed by atoms with Gasteiger partial charge in [-0.15, -0.1) is 0 Å². The molecule has 4 heteroatoms. The SMILES string of the molecule is C=CCOc1c(Br)cc(C[NH2+][C@H](C)c2ccccc2)cc1OC. The predicted octanol–water partition coefficient (Wildman–Crippen LogP) is 3.85. The second kappa shape index (κ2) is 8.75. The maximum atomic E-state index is 5.66. The topological polar surface area (TPSA) is 35.1 Å². The molecule has 2 aromatic carbocycles. The first-order valence-corrected chi connectivity index (χ1v) is 8.43. The summed E-state index contributed by atoms with van der Waals surface area (Å²) in [4.78, 5) is 0. The number of nitrogens with two attached hydrogens (primary N) is 1. The van der Waals surface area contributed by atoms with E-state index in [-0.39, 0.29) is 0 Å². The Morgan fingerprint density at radius 1 is 1.26 bits per heavy atom. The number of hydrogen-bond donors (Lipinski definition) is 1. The van der Waals surface area contributed by atoms with Gasteiger partial charge in [-0.3, -0.25) is 0 Å². The van der Waals surface area contributed by atoms with Crippen LogP contribution in [0.1, 0.15) is 24.1 Å². The maximum absolute atomic E-state index is 5.66. The molecule has 0 fully saturated rings. The lowest BCUT2D eigenvalue weighted by Crippen LogP contribution is -2.83. The Balaban J connectivity index is 2.08. The molecule has 122 valence electrons. The number of benzene rings is 2. The van der Waals surface area contributed by atoms with Crippen LogP contribution >= 0.6 is 15.9 Å². The molecule has 0 saturated carbocycles. The van der Waals surface area contributed by atoms with E-state index < -0.39 is 0 Å². The van der Waals surface area contributed by atoms with Gasteiger partial charge in [0.2, 0.25) is 0 Å². The molecule has 0 aromatic heterocycles. The lowest BCUT2D eigenvalue weighted by Gasteiger charge is -2.15. The van der Waals surface area contributed by atoms with Gasteiger partial charge in [0.25, 0.3) is 0 Å². The summed E-state index contributed by atoms with van der Waals surface area (Å²) in [6, 6.07) is 15.0. The van der Waals surface area contributed by atoms with Crippen LogP contribution in [0.3, 0.4) is 0 Å². The Labute approximate surface area is 146 Å². The molecule has 2 N–H and O–H groups in total. The smallest absolute Gasteiger partial charge is 0.175 e. The van der Waals surface area contributed by atoms with Crippen LogP contribution in [0.15, 0.2) is 59.6 Å². The Kier molecular flexibility index (Phi) is 6.68. The highest BCUT2D eigenvalue weighted by molar-refractivity contribution is 9.10. The van der Waals surface area contributed by atoms with E-state index in [2.05, 4.69) is 65.1 Å². The van der Waals surface area contributed by atoms with Gasteiger partial charge in [-0.25, -0.2) is 0 Å². The Bertz CT molecular complexity index is 643. The van der Waals surface area contributed by atoms with Crippen LogP contribution in [-0.4, -0.2) is 13.7 Å². The minimum Gasteiger partial charge on any atom is -0.493 e. The Hall–Kier alpha value is -1.78. The molecule has 0 spiro atoms. The molecule has 1 atom stereocenters. The van der Waals surface area contributed by atoms with Crippen LogP contribution in [0.5, 0.6) is 11.5 Å². The zero-order valence-electron chi connectivity index (χ0n) is 13.6. The number of ether oxygens (including phenoxy) is 2. The largest absolute Gasteiger partial charge is 0.493 e. The Morgan fingerprint density at radius 2 is 2.00 bits per heavy atom. The first kappa shape index (κ1) is 17.6. The van der Waals surface area contributed by atoms with E-state index in [0.29, 0.717) is 18.4 Å². The van der Waals surface area contributed by atoms with Crippen molar-refractivity contribution in [2.45, 2.75) is 19.5 Å². The molecule has 0 unspecified atom stereocenters. The molecule has 23 heavy (non-hydrogen) atoms. The third-order valence-corrected chi connectivity index (χ3v) is 4.26. The fourth-order valence-electron chi connectivity index (χ4n) is 2.38. The van der Waals surface area contributed by atoms with Crippen LogP contribution < -0.4 is 14.8 Å². The average Bonchev–Trinajstić information content (AvgIpc) is 2.59. The molecular formula is C19H23BrNO2+. The van der Waals surface area contributed by atoms with Crippen molar-refractivity contribution in [3.63, 3.8) is 0 Å². The van der Waals surface area contributed by atoms with Gasteiger partial charge in [0.05, 0.1) is 11.6 Å². The molecule has 0 aliphatic rings. The van der Waals surface area contributed by atoms with Crippen LogP contribution in [0.4, 0.5) is 0 Å². The van der Waals surface area contributed by atoms with E-state index in [1.165, 1.54) is 11.1 Å². The highest BCUT2D eigenvalue weighted by atomic mass is 79.9. The van der Waals surface area contributed by atoms with Gasteiger partial charge in [0.15, 0.2) is 11.5 Å². The summed E-state index contributed by atoms with van der Waals surface area (Å²) in [5.41, 5.74) is 2.51. The lowest BCUT2D eigenvalue weighted by molar-refractivity contribution is -0.707. The van der Waals surface area contributed by atoms with E-state index in [1.807, 2.05) is 12.1 Å². The molecule has 0 bridgehead atoms. The molecule has 3 nitrogen and oxygen atoms in total. The van der Waals surface area contributed by atoms with Crippen molar-refractivity contribution in [3.05, 3.63) is 70.7 Å². The fourth-order valence-corrected chi connectivity index (χ4v) is 2.98. The Morgan fingerprint density at radius 3 is 2.65 bits per heavy atom. The molecule has 0 heterocycles. The summed E-state index contributed by atoms with van der Waals surface area (Å²) in [5.74, 6) is 1.45. The molecule has 0 aliphatic heterocycles. The summed E-state index contributed by atoms with van der Waals surface area (Å²) in [6.07, 6.45) is 1.72. The summed E-state index contributed by atoms with van der Waals surface area (Å²) < 4.78 is 12.0. The third kappa shape index (κ3) is 4.85. The second-order valence-electron chi connectivity index (χ2n) is 5.35. The van der Waals surface area contributed by atoms with Crippen LogP contribution in [0.25, 0.3) is 0 Å². The predicted molar refractivity (Wildman–Crippen MR) is 96.9 cm³/mol. The van der Waals surface area contributed by atoms with Crippen LogP contribution in [-0.2, 0) is 6.54 Å². The molecule has 0 amide bonds. The summed E-state index contributed by atoms with van der Waals surface area (Å²) in [6.45, 7) is 7.20. The number of quaternary nitrogens is 1. The van der Waals surface area contributed by atoms with Gasteiger partial charge in [-0.05, 0) is 35.0 Å². The molecule has 0 saturated heterocycles. The average molecular weight is 377 g/mol. The van der Waals surface area contributed by atoms with E-state index in [1.54, 1.807) is 13.2 Å². The number of halogens is 1. The first-order valence-electron chi connectivity index (χ1n) is 7.64. The van der Waals surface area contributed by atoms with Crippen molar-refractivity contribution in [2.75, 3.05) is 13.7 Å². The standard InChI is InChI=1S/C19H22BrNO2/c1-4-10-23-19-17(20)11-15(12-18(19)22-3)13-21-14(2)16-8-6-5-7-9-16/h4-9,11-12,14,21H,1,10,13H2,2-3H3/p+1/t14-/m1/s1. The van der Waals surface area contributed by atoms with Gasteiger partial charge < -0.3 is 14.8 Å². The lowest BCUT2D eigenvalue weighted by atomic mass is 10.1. The molecule has 2 rings (SSSR count).